The van der Waals surface area contributed by atoms with Crippen molar-refractivity contribution in [1.82, 2.24) is 20.4 Å². The Morgan fingerprint density at radius 2 is 1.28 bits per heavy atom. The number of ether oxygens (including phenoxy) is 7. The first-order valence-corrected chi connectivity index (χ1v) is 24.3. The van der Waals surface area contributed by atoms with Crippen molar-refractivity contribution in [3.8, 4) is 34.5 Å². The zero-order valence-electron chi connectivity index (χ0n) is 41.8. The summed E-state index contributed by atoms with van der Waals surface area (Å²) >= 11 is 0. The fourth-order valence-corrected chi connectivity index (χ4v) is 8.97. The van der Waals surface area contributed by atoms with E-state index in [1.165, 1.54) is 14.2 Å². The molecule has 5 aliphatic rings. The molecule has 19 nitrogen and oxygen atoms in total. The third kappa shape index (κ3) is 10.8. The number of carbonyl (C=O) groups is 5. The summed E-state index contributed by atoms with van der Waals surface area (Å²) in [6.45, 7) is 7.68. The lowest BCUT2D eigenvalue weighted by molar-refractivity contribution is -0.128. The van der Waals surface area contributed by atoms with E-state index in [0.717, 1.165) is 22.3 Å². The molecular formula is C55H57N7O12. The van der Waals surface area contributed by atoms with Crippen molar-refractivity contribution in [2.24, 2.45) is 15.9 Å². The molecule has 0 fully saturated rings. The van der Waals surface area contributed by atoms with Crippen LogP contribution in [0, 0.1) is 5.92 Å². The van der Waals surface area contributed by atoms with Crippen molar-refractivity contribution in [3.05, 3.63) is 114 Å². The number of aliphatic imine (C=N–C) groups is 2. The van der Waals surface area contributed by atoms with Gasteiger partial charge in [0, 0.05) is 61.9 Å². The van der Waals surface area contributed by atoms with E-state index in [9.17, 15) is 24.0 Å². The van der Waals surface area contributed by atoms with Gasteiger partial charge in [-0.3, -0.25) is 29.2 Å². The summed E-state index contributed by atoms with van der Waals surface area (Å²) in [5.74, 6) is 1.32. The molecule has 0 saturated heterocycles. The third-order valence-electron chi connectivity index (χ3n) is 13.0. The monoisotopic (exact) mass is 1010 g/mol. The Morgan fingerprint density at radius 1 is 0.716 bits per heavy atom. The number of fused-ring (bicyclic) bond motifs is 5. The van der Waals surface area contributed by atoms with Gasteiger partial charge in [-0.1, -0.05) is 44.2 Å². The Labute approximate surface area is 427 Å². The number of allylic oxidation sites excluding steroid dienone is 1. The predicted octanol–water partition coefficient (Wildman–Crippen LogP) is 7.99. The lowest BCUT2D eigenvalue weighted by atomic mass is 10.0. The molecule has 0 unspecified atom stereocenters. The highest BCUT2D eigenvalue weighted by Crippen LogP contribution is 2.43. The molecule has 4 atom stereocenters. The number of nitrogens with zero attached hydrogens (tertiary/aromatic N) is 4. The van der Waals surface area contributed by atoms with E-state index in [2.05, 4.69) is 16.0 Å². The summed E-state index contributed by atoms with van der Waals surface area (Å²) in [5, 5.41) is 8.06. The zero-order valence-corrected chi connectivity index (χ0v) is 41.8. The summed E-state index contributed by atoms with van der Waals surface area (Å²) in [5.41, 5.74) is 5.88. The molecule has 5 heterocycles. The first-order valence-electron chi connectivity index (χ1n) is 24.3. The van der Waals surface area contributed by atoms with Crippen LogP contribution < -0.4 is 44.4 Å². The molecule has 5 amide bonds. The number of alkyl carbamates (subject to hydrolysis) is 1. The van der Waals surface area contributed by atoms with Gasteiger partial charge in [0.05, 0.1) is 62.0 Å². The predicted molar refractivity (Wildman–Crippen MR) is 276 cm³/mol. The van der Waals surface area contributed by atoms with Crippen LogP contribution in [0.5, 0.6) is 34.5 Å². The Hall–Kier alpha value is -8.61. The van der Waals surface area contributed by atoms with E-state index in [0.29, 0.717) is 81.9 Å². The SMILES string of the molecule is C/C=C/COC(=O)N[C@H](C(=O)N[C@@H](C)C(=O)Nc1ccc(C2=CN3C(=O)c4cc(OC)c(OCCCOc5cc6c(cc5OC)C(=O)N5C=C(c7ccc8c(c7)OCO8)C[C@H]5C=N6)cc4N=C[C@@H]3C2)cc1)C(C)C. The van der Waals surface area contributed by atoms with Gasteiger partial charge in [-0.05, 0) is 78.4 Å². The number of methoxy groups -OCH3 is 2. The molecule has 74 heavy (non-hydrogen) atoms. The van der Waals surface area contributed by atoms with Gasteiger partial charge in [0.25, 0.3) is 11.8 Å². The first-order chi connectivity index (χ1) is 35.8. The van der Waals surface area contributed by atoms with Crippen molar-refractivity contribution in [1.29, 1.82) is 0 Å². The number of rotatable bonds is 18. The number of anilines is 1. The topological polar surface area (TPSA) is 217 Å². The summed E-state index contributed by atoms with van der Waals surface area (Å²) in [7, 11) is 3.03. The fourth-order valence-electron chi connectivity index (χ4n) is 8.97. The maximum Gasteiger partial charge on any atom is 0.408 e. The van der Waals surface area contributed by atoms with Crippen LogP contribution in [0.15, 0.2) is 101 Å². The number of nitrogens with one attached hydrogen (secondary N) is 3. The van der Waals surface area contributed by atoms with Gasteiger partial charge in [0.2, 0.25) is 18.6 Å². The lowest BCUT2D eigenvalue weighted by Gasteiger charge is -2.23. The summed E-state index contributed by atoms with van der Waals surface area (Å²) in [6, 6.07) is 17.2. The van der Waals surface area contributed by atoms with Crippen molar-refractivity contribution in [3.63, 3.8) is 0 Å². The molecule has 5 aliphatic heterocycles. The molecule has 0 saturated carbocycles. The Bertz CT molecular complexity index is 3020. The van der Waals surface area contributed by atoms with Crippen LogP contribution in [0.4, 0.5) is 21.9 Å². The minimum Gasteiger partial charge on any atom is -0.493 e. The maximum absolute atomic E-state index is 14.1. The molecule has 0 bridgehead atoms. The van der Waals surface area contributed by atoms with Crippen molar-refractivity contribution in [2.45, 2.75) is 71.1 Å². The van der Waals surface area contributed by atoms with Crippen LogP contribution in [0.25, 0.3) is 11.1 Å². The molecule has 0 spiro atoms. The Balaban J connectivity index is 0.774. The van der Waals surface area contributed by atoms with Crippen LogP contribution in [0.1, 0.15) is 78.8 Å². The molecule has 0 aliphatic carbocycles. The van der Waals surface area contributed by atoms with Gasteiger partial charge < -0.3 is 58.9 Å². The molecular weight excluding hydrogens is 951 g/mol. The molecule has 19 heteroatoms. The van der Waals surface area contributed by atoms with Gasteiger partial charge in [0.1, 0.15) is 18.7 Å². The largest absolute Gasteiger partial charge is 0.493 e. The quantitative estimate of drug-likeness (QED) is 0.0639. The fraction of sp³-hybridized carbons (Fsp3) is 0.327. The molecule has 3 N–H and O–H groups in total. The molecule has 0 aromatic heterocycles. The molecule has 4 aromatic carbocycles. The van der Waals surface area contributed by atoms with Crippen LogP contribution in [-0.4, -0.2) is 117 Å². The van der Waals surface area contributed by atoms with E-state index >= 15 is 0 Å². The third-order valence-corrected chi connectivity index (χ3v) is 13.0. The van der Waals surface area contributed by atoms with Gasteiger partial charge in [-0.2, -0.15) is 0 Å². The van der Waals surface area contributed by atoms with E-state index < -0.39 is 30.0 Å². The van der Waals surface area contributed by atoms with Crippen LogP contribution in [0.2, 0.25) is 0 Å². The second kappa shape index (κ2) is 22.0. The highest BCUT2D eigenvalue weighted by atomic mass is 16.7. The van der Waals surface area contributed by atoms with Crippen molar-refractivity contribution >= 4 is 70.4 Å². The van der Waals surface area contributed by atoms with Crippen molar-refractivity contribution in [2.75, 3.05) is 46.1 Å². The smallest absolute Gasteiger partial charge is 0.408 e. The lowest BCUT2D eigenvalue weighted by Crippen LogP contribution is -2.53. The van der Waals surface area contributed by atoms with Gasteiger partial charge in [-0.25, -0.2) is 4.79 Å². The average Bonchev–Trinajstić information content (AvgIpc) is 4.14. The second-order valence-corrected chi connectivity index (χ2v) is 18.3. The normalized spacial score (nSPS) is 17.8. The molecule has 4 aromatic rings. The van der Waals surface area contributed by atoms with E-state index in [4.69, 9.17) is 43.1 Å². The molecule has 0 radical (unpaired) electrons. The average molecular weight is 1010 g/mol. The number of hydrogen-bond donors (Lipinski definition) is 3. The number of amides is 5. The highest BCUT2D eigenvalue weighted by Gasteiger charge is 2.36. The Kier molecular flexibility index (Phi) is 15.0. The standard InChI is InChI=1S/C55H57N7O12/c1-7-8-16-72-55(67)60-50(31(2)3)52(64)58-32(4)51(63)59-37-13-10-33(11-14-37)35-19-38-26-56-42-24-48(45(68-5)22-40(42)53(65)61(38)28-35)70-17-9-18-71-49-25-43-41(23-46(49)69-6)54(66)62-29-36(20-39(62)27-57-43)34-12-15-44-47(21-34)74-30-73-44/h7-8,10-15,21-29,31-32,38-39,50H,9,16-20,30H2,1-6H3,(H,58,64)(H,59,63)(H,60,67)/b8-7+/t32-,38-,39-,50-/m0/s1. The maximum atomic E-state index is 14.1. The molecule has 384 valence electrons. The van der Waals surface area contributed by atoms with E-state index in [1.54, 1.807) is 98.5 Å². The van der Waals surface area contributed by atoms with E-state index in [1.807, 2.05) is 42.7 Å². The number of hydrogen-bond acceptors (Lipinski definition) is 14. The van der Waals surface area contributed by atoms with Crippen LogP contribution >= 0.6 is 0 Å². The highest BCUT2D eigenvalue weighted by molar-refractivity contribution is 6.07. The zero-order chi connectivity index (χ0) is 52.0. The van der Waals surface area contributed by atoms with Gasteiger partial charge >= 0.3 is 6.09 Å². The summed E-state index contributed by atoms with van der Waals surface area (Å²) in [6.07, 6.45) is 11.5. The van der Waals surface area contributed by atoms with E-state index in [-0.39, 0.29) is 56.4 Å². The minimum atomic E-state index is -0.910. The Morgan fingerprint density at radius 3 is 1.85 bits per heavy atom. The summed E-state index contributed by atoms with van der Waals surface area (Å²) < 4.78 is 39.8. The molecule has 9 rings (SSSR count). The number of carbonyl (C=O) groups excluding carboxylic acids is 5. The minimum absolute atomic E-state index is 0.0736. The van der Waals surface area contributed by atoms with Crippen molar-refractivity contribution < 1.29 is 57.1 Å². The number of benzene rings is 4. The van der Waals surface area contributed by atoms with Crippen LogP contribution in [0.3, 0.4) is 0 Å². The van der Waals surface area contributed by atoms with Crippen LogP contribution in [-0.2, 0) is 14.3 Å². The summed E-state index contributed by atoms with van der Waals surface area (Å²) in [4.78, 5) is 79.1. The van der Waals surface area contributed by atoms with Gasteiger partial charge in [0.15, 0.2) is 34.5 Å². The first kappa shape index (κ1) is 50.3. The van der Waals surface area contributed by atoms with Gasteiger partial charge in [-0.15, -0.1) is 0 Å². The second-order valence-electron chi connectivity index (χ2n) is 18.3.